The quantitative estimate of drug-likeness (QED) is 0.477. The number of nitro groups is 1. The molecule has 0 spiro atoms. The second-order valence-electron chi connectivity index (χ2n) is 3.20. The molecule has 0 aliphatic carbocycles. The molecule has 1 aromatic rings. The van der Waals surface area contributed by atoms with E-state index in [9.17, 15) is 10.1 Å². The van der Waals surface area contributed by atoms with E-state index >= 15 is 0 Å². The Morgan fingerprint density at radius 3 is 2.80 bits per heavy atom. The van der Waals surface area contributed by atoms with Gasteiger partial charge in [-0.05, 0) is 18.6 Å². The minimum atomic E-state index is -0.488. The van der Waals surface area contributed by atoms with Crippen molar-refractivity contribution in [3.8, 4) is 0 Å². The van der Waals surface area contributed by atoms with Crippen molar-refractivity contribution in [1.29, 1.82) is 0 Å². The maximum absolute atomic E-state index is 10.5. The van der Waals surface area contributed by atoms with Crippen LogP contribution in [0.15, 0.2) is 18.2 Å². The van der Waals surface area contributed by atoms with Crippen molar-refractivity contribution in [1.82, 2.24) is 0 Å². The highest BCUT2D eigenvalue weighted by molar-refractivity contribution is 6.32. The van der Waals surface area contributed by atoms with Crippen molar-refractivity contribution in [2.45, 2.75) is 19.8 Å². The highest BCUT2D eigenvalue weighted by Gasteiger charge is 2.11. The summed E-state index contributed by atoms with van der Waals surface area (Å²) >= 11 is 5.76. The lowest BCUT2D eigenvalue weighted by Crippen LogP contribution is -2.01. The fourth-order valence-electron chi connectivity index (χ4n) is 1.17. The summed E-state index contributed by atoms with van der Waals surface area (Å²) in [5, 5.41) is 13.8. The predicted molar refractivity (Wildman–Crippen MR) is 61.5 cm³/mol. The summed E-state index contributed by atoms with van der Waals surface area (Å²) in [6.45, 7) is 2.95. The first-order chi connectivity index (χ1) is 7.15. The van der Waals surface area contributed by atoms with E-state index in [2.05, 4.69) is 12.2 Å². The topological polar surface area (TPSA) is 55.2 Å². The van der Waals surface area contributed by atoms with Crippen LogP contribution in [-0.4, -0.2) is 11.5 Å². The van der Waals surface area contributed by atoms with Crippen molar-refractivity contribution in [2.75, 3.05) is 11.9 Å². The molecule has 0 aliphatic heterocycles. The number of hydrogen-bond donors (Lipinski definition) is 1. The number of nitro benzene ring substituents is 1. The van der Waals surface area contributed by atoms with Crippen LogP contribution in [0, 0.1) is 10.1 Å². The lowest BCUT2D eigenvalue weighted by Gasteiger charge is -2.05. The minimum Gasteiger partial charge on any atom is -0.385 e. The summed E-state index contributed by atoms with van der Waals surface area (Å²) in [5.41, 5.74) is 0.761. The SMILES string of the molecule is CCCCNc1ccc([N+](=O)[O-])c(Cl)c1. The zero-order valence-corrected chi connectivity index (χ0v) is 9.25. The maximum Gasteiger partial charge on any atom is 0.288 e. The van der Waals surface area contributed by atoms with E-state index in [1.165, 1.54) is 6.07 Å². The summed E-state index contributed by atoms with van der Waals surface area (Å²) in [5.74, 6) is 0. The van der Waals surface area contributed by atoms with Gasteiger partial charge in [-0.25, -0.2) is 0 Å². The largest absolute Gasteiger partial charge is 0.385 e. The van der Waals surface area contributed by atoms with E-state index in [1.54, 1.807) is 12.1 Å². The van der Waals surface area contributed by atoms with Crippen molar-refractivity contribution < 1.29 is 4.92 Å². The first-order valence-electron chi connectivity index (χ1n) is 4.83. The number of nitrogens with one attached hydrogen (secondary N) is 1. The Hall–Kier alpha value is -1.29. The zero-order chi connectivity index (χ0) is 11.3. The molecule has 0 unspecified atom stereocenters. The standard InChI is InChI=1S/C10H13ClN2O2/c1-2-3-6-12-8-4-5-10(13(14)15)9(11)7-8/h4-5,7,12H,2-3,6H2,1H3. The van der Waals surface area contributed by atoms with Crippen molar-refractivity contribution in [3.63, 3.8) is 0 Å². The first kappa shape index (κ1) is 11.8. The molecule has 0 atom stereocenters. The van der Waals surface area contributed by atoms with Crippen LogP contribution < -0.4 is 5.32 Å². The van der Waals surface area contributed by atoms with Gasteiger partial charge in [0.05, 0.1) is 4.92 Å². The van der Waals surface area contributed by atoms with Crippen LogP contribution in [0.2, 0.25) is 5.02 Å². The lowest BCUT2D eigenvalue weighted by molar-refractivity contribution is -0.384. The molecule has 0 bridgehead atoms. The van der Waals surface area contributed by atoms with Gasteiger partial charge in [0.2, 0.25) is 0 Å². The number of hydrogen-bond acceptors (Lipinski definition) is 3. The van der Waals surface area contributed by atoms with Crippen LogP contribution in [0.25, 0.3) is 0 Å². The number of halogens is 1. The second kappa shape index (κ2) is 5.56. The summed E-state index contributed by atoms with van der Waals surface area (Å²) < 4.78 is 0. The molecule has 82 valence electrons. The molecular formula is C10H13ClN2O2. The molecule has 1 aromatic carbocycles. The number of rotatable bonds is 5. The van der Waals surface area contributed by atoms with Crippen LogP contribution >= 0.6 is 11.6 Å². The molecule has 0 saturated heterocycles. The molecule has 0 heterocycles. The second-order valence-corrected chi connectivity index (χ2v) is 3.61. The Kier molecular flexibility index (Phi) is 4.37. The molecular weight excluding hydrogens is 216 g/mol. The molecule has 0 aromatic heterocycles. The van der Waals surface area contributed by atoms with Gasteiger partial charge in [-0.1, -0.05) is 24.9 Å². The van der Waals surface area contributed by atoms with Gasteiger partial charge in [-0.2, -0.15) is 0 Å². The Balaban J connectivity index is 2.69. The van der Waals surface area contributed by atoms with Gasteiger partial charge in [0.25, 0.3) is 5.69 Å². The van der Waals surface area contributed by atoms with Gasteiger partial charge >= 0.3 is 0 Å². The molecule has 0 fully saturated rings. The average molecular weight is 229 g/mol. The van der Waals surface area contributed by atoms with E-state index in [0.717, 1.165) is 25.1 Å². The first-order valence-corrected chi connectivity index (χ1v) is 5.20. The number of unbranched alkanes of at least 4 members (excludes halogenated alkanes) is 1. The molecule has 0 amide bonds. The van der Waals surface area contributed by atoms with Gasteiger partial charge in [0, 0.05) is 18.3 Å². The average Bonchev–Trinajstić information content (AvgIpc) is 2.17. The normalized spacial score (nSPS) is 10.0. The Morgan fingerprint density at radius 1 is 1.53 bits per heavy atom. The molecule has 0 radical (unpaired) electrons. The van der Waals surface area contributed by atoms with E-state index < -0.39 is 4.92 Å². The van der Waals surface area contributed by atoms with Gasteiger partial charge < -0.3 is 5.32 Å². The molecule has 5 heteroatoms. The van der Waals surface area contributed by atoms with Gasteiger partial charge in [0.1, 0.15) is 5.02 Å². The van der Waals surface area contributed by atoms with Gasteiger partial charge in [-0.3, -0.25) is 10.1 Å². The smallest absolute Gasteiger partial charge is 0.288 e. The molecule has 1 rings (SSSR count). The van der Waals surface area contributed by atoms with Crippen LogP contribution in [0.3, 0.4) is 0 Å². The third-order valence-electron chi connectivity index (χ3n) is 2.00. The minimum absolute atomic E-state index is 0.0577. The highest BCUT2D eigenvalue weighted by atomic mass is 35.5. The highest BCUT2D eigenvalue weighted by Crippen LogP contribution is 2.27. The molecule has 4 nitrogen and oxygen atoms in total. The summed E-state index contributed by atoms with van der Waals surface area (Å²) in [6, 6.07) is 4.66. The summed E-state index contributed by atoms with van der Waals surface area (Å²) in [7, 11) is 0. The monoisotopic (exact) mass is 228 g/mol. The van der Waals surface area contributed by atoms with Crippen molar-refractivity contribution in [3.05, 3.63) is 33.3 Å². The van der Waals surface area contributed by atoms with E-state index in [4.69, 9.17) is 11.6 Å². The third kappa shape index (κ3) is 3.40. The van der Waals surface area contributed by atoms with Crippen LogP contribution in [0.5, 0.6) is 0 Å². The number of benzene rings is 1. The Bertz CT molecular complexity index is 355. The van der Waals surface area contributed by atoms with E-state index in [-0.39, 0.29) is 10.7 Å². The molecule has 1 N–H and O–H groups in total. The number of nitrogens with zero attached hydrogens (tertiary/aromatic N) is 1. The maximum atomic E-state index is 10.5. The van der Waals surface area contributed by atoms with Crippen molar-refractivity contribution in [2.24, 2.45) is 0 Å². The summed E-state index contributed by atoms with van der Waals surface area (Å²) in [6.07, 6.45) is 2.17. The molecule has 15 heavy (non-hydrogen) atoms. The van der Waals surface area contributed by atoms with E-state index in [0.29, 0.717) is 0 Å². The van der Waals surface area contributed by atoms with Crippen LogP contribution in [0.1, 0.15) is 19.8 Å². The number of anilines is 1. The van der Waals surface area contributed by atoms with Crippen LogP contribution in [0.4, 0.5) is 11.4 Å². The van der Waals surface area contributed by atoms with Gasteiger partial charge in [0.15, 0.2) is 0 Å². The zero-order valence-electron chi connectivity index (χ0n) is 8.50. The predicted octanol–water partition coefficient (Wildman–Crippen LogP) is 3.46. The van der Waals surface area contributed by atoms with Crippen molar-refractivity contribution >= 4 is 23.0 Å². The van der Waals surface area contributed by atoms with E-state index in [1.807, 2.05) is 0 Å². The lowest BCUT2D eigenvalue weighted by atomic mass is 10.2. The van der Waals surface area contributed by atoms with Gasteiger partial charge in [-0.15, -0.1) is 0 Å². The molecule has 0 aliphatic rings. The Labute approximate surface area is 93.4 Å². The third-order valence-corrected chi connectivity index (χ3v) is 2.31. The fourth-order valence-corrected chi connectivity index (χ4v) is 1.42. The summed E-state index contributed by atoms with van der Waals surface area (Å²) in [4.78, 5) is 10.0. The fraction of sp³-hybridized carbons (Fsp3) is 0.400. The van der Waals surface area contributed by atoms with Crippen LogP contribution in [-0.2, 0) is 0 Å². The molecule has 0 saturated carbocycles. The Morgan fingerprint density at radius 2 is 2.27 bits per heavy atom.